The molecule has 0 spiro atoms. The predicted molar refractivity (Wildman–Crippen MR) is 117 cm³/mol. The van der Waals surface area contributed by atoms with Gasteiger partial charge in [-0.15, -0.1) is 0 Å². The average Bonchev–Trinajstić information content (AvgIpc) is 2.68. The molecule has 164 valence electrons. The number of esters is 1. The third-order valence-corrected chi connectivity index (χ3v) is 5.09. The molecule has 0 bridgehead atoms. The van der Waals surface area contributed by atoms with Crippen molar-refractivity contribution < 1.29 is 22.7 Å². The molecule has 0 heterocycles. The van der Waals surface area contributed by atoms with E-state index < -0.39 is 16.0 Å². The maximum Gasteiger partial charge on any atom is 0.338 e. The monoisotopic (exact) mass is 435 g/mol. The SMILES string of the molecule is CCCCNc1cc(C(=O)OCCN(C)C)cc(S(N)(=O)=O)c1Oc1ccccc1. The molecule has 0 unspecified atom stereocenters. The summed E-state index contributed by atoms with van der Waals surface area (Å²) >= 11 is 0. The number of hydrogen-bond acceptors (Lipinski definition) is 7. The van der Waals surface area contributed by atoms with Gasteiger partial charge in [-0.05, 0) is 44.8 Å². The van der Waals surface area contributed by atoms with Crippen LogP contribution in [0.1, 0.15) is 30.1 Å². The third-order valence-electron chi connectivity index (χ3n) is 4.18. The molecule has 0 aromatic heterocycles. The molecule has 3 N–H and O–H groups in total. The number of likely N-dealkylation sites (N-methyl/N-ethyl adjacent to an activating group) is 1. The number of anilines is 1. The Hall–Kier alpha value is -2.62. The van der Waals surface area contributed by atoms with E-state index >= 15 is 0 Å². The molecule has 9 heteroatoms. The number of carbonyl (C=O) groups is 1. The van der Waals surface area contributed by atoms with Crippen LogP contribution in [0.5, 0.6) is 11.5 Å². The zero-order valence-electron chi connectivity index (χ0n) is 17.6. The minimum absolute atomic E-state index is 0.0460. The van der Waals surface area contributed by atoms with Crippen LogP contribution in [-0.2, 0) is 14.8 Å². The highest BCUT2D eigenvalue weighted by Crippen LogP contribution is 2.37. The second-order valence-electron chi connectivity index (χ2n) is 7.03. The lowest BCUT2D eigenvalue weighted by Crippen LogP contribution is -2.21. The normalized spacial score (nSPS) is 11.4. The second-order valence-corrected chi connectivity index (χ2v) is 8.56. The van der Waals surface area contributed by atoms with Crippen LogP contribution in [0.25, 0.3) is 0 Å². The van der Waals surface area contributed by atoms with E-state index in [9.17, 15) is 13.2 Å². The summed E-state index contributed by atoms with van der Waals surface area (Å²) in [5, 5.41) is 8.61. The molecule has 0 fully saturated rings. The number of hydrogen-bond donors (Lipinski definition) is 2. The number of nitrogens with two attached hydrogens (primary N) is 1. The number of benzene rings is 2. The number of carbonyl (C=O) groups excluding carboxylic acids is 1. The van der Waals surface area contributed by atoms with Crippen LogP contribution in [0, 0.1) is 0 Å². The van der Waals surface area contributed by atoms with Gasteiger partial charge in [-0.25, -0.2) is 18.4 Å². The number of nitrogens with one attached hydrogen (secondary N) is 1. The molecule has 0 atom stereocenters. The van der Waals surface area contributed by atoms with Crippen LogP contribution in [-0.4, -0.2) is 53.1 Å². The topological polar surface area (TPSA) is 111 Å². The van der Waals surface area contributed by atoms with Gasteiger partial charge < -0.3 is 19.7 Å². The first-order valence-electron chi connectivity index (χ1n) is 9.72. The summed E-state index contributed by atoms with van der Waals surface area (Å²) in [4.78, 5) is 14.1. The highest BCUT2D eigenvalue weighted by atomic mass is 32.2. The van der Waals surface area contributed by atoms with Crippen molar-refractivity contribution in [2.24, 2.45) is 5.14 Å². The van der Waals surface area contributed by atoms with Crippen molar-refractivity contribution in [2.45, 2.75) is 24.7 Å². The molecular formula is C21H29N3O5S. The third kappa shape index (κ3) is 7.01. The van der Waals surface area contributed by atoms with Gasteiger partial charge in [0.05, 0.1) is 11.3 Å². The van der Waals surface area contributed by atoms with Gasteiger partial charge >= 0.3 is 5.97 Å². The maximum absolute atomic E-state index is 12.5. The van der Waals surface area contributed by atoms with Gasteiger partial charge in [0.25, 0.3) is 0 Å². The summed E-state index contributed by atoms with van der Waals surface area (Å²) in [7, 11) is -0.459. The number of para-hydroxylation sites is 1. The minimum Gasteiger partial charge on any atom is -0.461 e. The number of ether oxygens (including phenoxy) is 2. The lowest BCUT2D eigenvalue weighted by Gasteiger charge is -2.18. The fraction of sp³-hybridized carbons (Fsp3) is 0.381. The summed E-state index contributed by atoms with van der Waals surface area (Å²) < 4.78 is 35.8. The Balaban J connectivity index is 2.47. The zero-order chi connectivity index (χ0) is 22.1. The van der Waals surface area contributed by atoms with E-state index in [2.05, 4.69) is 5.32 Å². The van der Waals surface area contributed by atoms with E-state index in [1.54, 1.807) is 24.3 Å². The van der Waals surface area contributed by atoms with Gasteiger partial charge in [0.1, 0.15) is 17.3 Å². The van der Waals surface area contributed by atoms with Crippen LogP contribution < -0.4 is 15.2 Å². The molecule has 0 aliphatic heterocycles. The molecule has 2 aromatic rings. The molecule has 30 heavy (non-hydrogen) atoms. The van der Waals surface area contributed by atoms with Crippen molar-refractivity contribution >= 4 is 21.7 Å². The van der Waals surface area contributed by atoms with Crippen LogP contribution in [0.4, 0.5) is 5.69 Å². The molecule has 2 rings (SSSR count). The fourth-order valence-electron chi connectivity index (χ4n) is 2.58. The van der Waals surface area contributed by atoms with Crippen molar-refractivity contribution in [1.82, 2.24) is 4.90 Å². The molecule has 0 saturated heterocycles. The standard InChI is InChI=1S/C21H29N3O5S/c1-4-5-11-23-18-14-16(21(25)28-13-12-24(2)3)15-19(30(22,26)27)20(18)29-17-9-7-6-8-10-17/h6-10,14-15,23H,4-5,11-13H2,1-3H3,(H2,22,26,27). The van der Waals surface area contributed by atoms with Crippen LogP contribution in [0.2, 0.25) is 0 Å². The van der Waals surface area contributed by atoms with Crippen molar-refractivity contribution in [1.29, 1.82) is 0 Å². The Morgan fingerprint density at radius 1 is 1.17 bits per heavy atom. The number of sulfonamides is 1. The number of nitrogens with zero attached hydrogens (tertiary/aromatic N) is 1. The van der Waals surface area contributed by atoms with Gasteiger partial charge in [0, 0.05) is 13.1 Å². The van der Waals surface area contributed by atoms with Gasteiger partial charge in [-0.2, -0.15) is 0 Å². The van der Waals surface area contributed by atoms with E-state index in [1.165, 1.54) is 12.1 Å². The Morgan fingerprint density at radius 2 is 1.87 bits per heavy atom. The van der Waals surface area contributed by atoms with E-state index in [-0.39, 0.29) is 22.8 Å². The van der Waals surface area contributed by atoms with Crippen LogP contribution in [0.3, 0.4) is 0 Å². The Bertz CT molecular complexity index is 947. The maximum atomic E-state index is 12.5. The summed E-state index contributed by atoms with van der Waals surface area (Å²) in [6.45, 7) is 3.34. The van der Waals surface area contributed by atoms with Crippen LogP contribution in [0.15, 0.2) is 47.4 Å². The number of rotatable bonds is 11. The van der Waals surface area contributed by atoms with Crippen molar-refractivity contribution in [3.05, 3.63) is 48.0 Å². The molecule has 0 amide bonds. The summed E-state index contributed by atoms with van der Waals surface area (Å²) in [5.41, 5.74) is 0.440. The summed E-state index contributed by atoms with van der Waals surface area (Å²) in [6.07, 6.45) is 1.79. The number of primary sulfonamides is 1. The zero-order valence-corrected chi connectivity index (χ0v) is 18.4. The Morgan fingerprint density at radius 3 is 2.47 bits per heavy atom. The second kappa shape index (κ2) is 11.0. The van der Waals surface area contributed by atoms with Crippen molar-refractivity contribution in [2.75, 3.05) is 39.1 Å². The van der Waals surface area contributed by atoms with E-state index in [0.29, 0.717) is 24.5 Å². The van der Waals surface area contributed by atoms with Gasteiger partial charge in [0.15, 0.2) is 5.75 Å². The quantitative estimate of drug-likeness (QED) is 0.412. The van der Waals surface area contributed by atoms with E-state index in [0.717, 1.165) is 12.8 Å². The first kappa shape index (κ1) is 23.7. The van der Waals surface area contributed by atoms with Crippen molar-refractivity contribution in [3.63, 3.8) is 0 Å². The summed E-state index contributed by atoms with van der Waals surface area (Å²) in [5.74, 6) is -0.140. The Labute approximate surface area is 178 Å². The predicted octanol–water partition coefficient (Wildman–Crippen LogP) is 3.06. The lowest BCUT2D eigenvalue weighted by molar-refractivity contribution is 0.0481. The molecule has 0 radical (unpaired) electrons. The molecule has 2 aromatic carbocycles. The first-order chi connectivity index (χ1) is 14.2. The van der Waals surface area contributed by atoms with Crippen LogP contribution >= 0.6 is 0 Å². The molecular weight excluding hydrogens is 406 g/mol. The molecule has 0 saturated carbocycles. The minimum atomic E-state index is -4.18. The molecule has 8 nitrogen and oxygen atoms in total. The van der Waals surface area contributed by atoms with E-state index in [4.69, 9.17) is 14.6 Å². The number of unbranched alkanes of at least 4 members (excludes halogenated alkanes) is 1. The van der Waals surface area contributed by atoms with Gasteiger partial charge in [0.2, 0.25) is 10.0 Å². The average molecular weight is 436 g/mol. The molecule has 0 aliphatic carbocycles. The largest absolute Gasteiger partial charge is 0.461 e. The van der Waals surface area contributed by atoms with Gasteiger partial charge in [-0.3, -0.25) is 0 Å². The van der Waals surface area contributed by atoms with Gasteiger partial charge in [-0.1, -0.05) is 31.5 Å². The molecule has 0 aliphatic rings. The lowest BCUT2D eigenvalue weighted by atomic mass is 10.1. The Kier molecular flexibility index (Phi) is 8.64. The van der Waals surface area contributed by atoms with E-state index in [1.807, 2.05) is 32.0 Å². The first-order valence-corrected chi connectivity index (χ1v) is 11.3. The highest BCUT2D eigenvalue weighted by molar-refractivity contribution is 7.89. The van der Waals surface area contributed by atoms with Crippen molar-refractivity contribution in [3.8, 4) is 11.5 Å². The fourth-order valence-corrected chi connectivity index (χ4v) is 3.28. The summed E-state index contributed by atoms with van der Waals surface area (Å²) in [6, 6.07) is 11.5. The highest BCUT2D eigenvalue weighted by Gasteiger charge is 2.24. The smallest absolute Gasteiger partial charge is 0.338 e.